The summed E-state index contributed by atoms with van der Waals surface area (Å²) in [6.07, 6.45) is -0.893. The van der Waals surface area contributed by atoms with Crippen LogP contribution in [-0.2, 0) is 6.18 Å². The number of aliphatic imine (C=N–C) groups is 1. The van der Waals surface area contributed by atoms with Gasteiger partial charge in [0.1, 0.15) is 17.2 Å². The molecule has 1 aliphatic rings. The SMILES string of the molecule is Cc1c(C=Nc2ccc([N+](=O)[O-])c(C(F)(F)F)c2)c(O)n(C2CCCC2)c(=O)c1C#N. The van der Waals surface area contributed by atoms with Crippen LogP contribution in [0.25, 0.3) is 0 Å². The Morgan fingerprint density at radius 2 is 2.00 bits per heavy atom. The highest BCUT2D eigenvalue weighted by Gasteiger charge is 2.38. The summed E-state index contributed by atoms with van der Waals surface area (Å²) < 4.78 is 40.7. The number of aromatic nitrogens is 1. The molecule has 1 aromatic carbocycles. The number of benzene rings is 1. The second-order valence-corrected chi connectivity index (χ2v) is 7.18. The Morgan fingerprint density at radius 1 is 1.35 bits per heavy atom. The third-order valence-corrected chi connectivity index (χ3v) is 5.31. The number of nitro groups is 1. The first-order valence-electron chi connectivity index (χ1n) is 9.34. The van der Waals surface area contributed by atoms with E-state index in [0.717, 1.165) is 29.7 Å². The van der Waals surface area contributed by atoms with Crippen LogP contribution in [-0.4, -0.2) is 20.8 Å². The molecular weight excluding hydrogens is 417 g/mol. The quantitative estimate of drug-likeness (QED) is 0.431. The van der Waals surface area contributed by atoms with E-state index in [1.807, 2.05) is 6.07 Å². The minimum atomic E-state index is -4.96. The molecular formula is C20H17F3N4O4. The summed E-state index contributed by atoms with van der Waals surface area (Å²) in [6.45, 7) is 1.43. The molecule has 0 radical (unpaired) electrons. The predicted molar refractivity (Wildman–Crippen MR) is 105 cm³/mol. The molecule has 1 saturated carbocycles. The number of rotatable bonds is 4. The van der Waals surface area contributed by atoms with Gasteiger partial charge in [0.15, 0.2) is 0 Å². The van der Waals surface area contributed by atoms with Crippen LogP contribution in [0.15, 0.2) is 28.0 Å². The summed E-state index contributed by atoms with van der Waals surface area (Å²) in [5.41, 5.74) is -3.46. The molecule has 1 aromatic heterocycles. The molecule has 0 aliphatic heterocycles. The number of hydrogen-bond acceptors (Lipinski definition) is 6. The Kier molecular flexibility index (Phi) is 5.83. The fraction of sp³-hybridized carbons (Fsp3) is 0.350. The average molecular weight is 434 g/mol. The monoisotopic (exact) mass is 434 g/mol. The van der Waals surface area contributed by atoms with E-state index in [4.69, 9.17) is 0 Å². The Hall–Kier alpha value is -3.68. The van der Waals surface area contributed by atoms with Gasteiger partial charge in [-0.15, -0.1) is 0 Å². The summed E-state index contributed by atoms with van der Waals surface area (Å²) in [4.78, 5) is 26.3. The molecule has 0 unspecified atom stereocenters. The van der Waals surface area contributed by atoms with E-state index in [2.05, 4.69) is 4.99 Å². The molecule has 2 aromatic rings. The van der Waals surface area contributed by atoms with Crippen LogP contribution < -0.4 is 5.56 Å². The van der Waals surface area contributed by atoms with Gasteiger partial charge in [0.2, 0.25) is 5.88 Å². The summed E-state index contributed by atoms with van der Waals surface area (Å²) in [5.74, 6) is -0.421. The highest BCUT2D eigenvalue weighted by atomic mass is 19.4. The Bertz CT molecular complexity index is 1170. The molecule has 1 heterocycles. The van der Waals surface area contributed by atoms with Crippen molar-refractivity contribution in [2.45, 2.75) is 44.8 Å². The van der Waals surface area contributed by atoms with Crippen LogP contribution >= 0.6 is 0 Å². The zero-order valence-corrected chi connectivity index (χ0v) is 16.3. The lowest BCUT2D eigenvalue weighted by Crippen LogP contribution is -2.28. The summed E-state index contributed by atoms with van der Waals surface area (Å²) >= 11 is 0. The van der Waals surface area contributed by atoms with Gasteiger partial charge in [-0.25, -0.2) is 0 Å². The molecule has 0 saturated heterocycles. The van der Waals surface area contributed by atoms with E-state index in [1.165, 1.54) is 6.92 Å². The van der Waals surface area contributed by atoms with Gasteiger partial charge >= 0.3 is 6.18 Å². The molecule has 11 heteroatoms. The number of nitriles is 1. The van der Waals surface area contributed by atoms with Gasteiger partial charge in [-0.3, -0.25) is 24.5 Å². The first kappa shape index (κ1) is 22.0. The number of hydrogen-bond donors (Lipinski definition) is 1. The highest BCUT2D eigenvalue weighted by Crippen LogP contribution is 2.38. The lowest BCUT2D eigenvalue weighted by atomic mass is 10.0. The summed E-state index contributed by atoms with van der Waals surface area (Å²) in [7, 11) is 0. The second kappa shape index (κ2) is 8.22. The van der Waals surface area contributed by atoms with Crippen LogP contribution in [0.2, 0.25) is 0 Å². The summed E-state index contributed by atoms with van der Waals surface area (Å²) in [5, 5.41) is 31.0. The van der Waals surface area contributed by atoms with Crippen molar-refractivity contribution < 1.29 is 23.2 Å². The van der Waals surface area contributed by atoms with Gasteiger partial charge in [0.25, 0.3) is 11.2 Å². The van der Waals surface area contributed by atoms with Crippen LogP contribution in [0.1, 0.15) is 54.0 Å². The molecule has 0 bridgehead atoms. The van der Waals surface area contributed by atoms with Crippen molar-refractivity contribution in [1.29, 1.82) is 5.26 Å². The van der Waals surface area contributed by atoms with Crippen molar-refractivity contribution in [3.05, 3.63) is 60.9 Å². The molecule has 3 rings (SSSR count). The molecule has 0 atom stereocenters. The van der Waals surface area contributed by atoms with E-state index >= 15 is 0 Å². The van der Waals surface area contributed by atoms with Crippen molar-refractivity contribution in [2.75, 3.05) is 0 Å². The molecule has 0 spiro atoms. The first-order chi connectivity index (χ1) is 14.6. The smallest absolute Gasteiger partial charge is 0.423 e. The number of aromatic hydroxyl groups is 1. The standard InChI is InChI=1S/C20H17F3N4O4/c1-11-14(9-24)18(28)26(13-4-2-3-5-13)19(29)15(11)10-25-12-6-7-17(27(30)31)16(8-12)20(21,22)23/h6-8,10,13,29H,2-5H2,1H3. The predicted octanol–water partition coefficient (Wildman–Crippen LogP) is 4.53. The van der Waals surface area contributed by atoms with E-state index in [9.17, 15) is 38.4 Å². The number of halogens is 3. The van der Waals surface area contributed by atoms with E-state index in [1.54, 1.807) is 0 Å². The Morgan fingerprint density at radius 3 is 2.55 bits per heavy atom. The zero-order chi connectivity index (χ0) is 22.9. The van der Waals surface area contributed by atoms with Crippen LogP contribution in [0.4, 0.5) is 24.5 Å². The van der Waals surface area contributed by atoms with Crippen molar-refractivity contribution >= 4 is 17.6 Å². The maximum atomic E-state index is 13.2. The highest BCUT2D eigenvalue weighted by molar-refractivity contribution is 5.87. The Labute approximate surface area is 174 Å². The molecule has 1 aliphatic carbocycles. The van der Waals surface area contributed by atoms with Crippen LogP contribution in [0.5, 0.6) is 5.88 Å². The lowest BCUT2D eigenvalue weighted by Gasteiger charge is -2.19. The molecule has 1 N–H and O–H groups in total. The van der Waals surface area contributed by atoms with E-state index in [0.29, 0.717) is 25.0 Å². The molecule has 0 amide bonds. The number of nitro benzene ring substituents is 1. The van der Waals surface area contributed by atoms with Crippen molar-refractivity contribution in [1.82, 2.24) is 4.57 Å². The number of pyridine rings is 1. The first-order valence-corrected chi connectivity index (χ1v) is 9.34. The van der Waals surface area contributed by atoms with Gasteiger partial charge in [-0.2, -0.15) is 18.4 Å². The van der Waals surface area contributed by atoms with Crippen molar-refractivity contribution in [2.24, 2.45) is 4.99 Å². The summed E-state index contributed by atoms with van der Waals surface area (Å²) in [6, 6.07) is 3.78. The van der Waals surface area contributed by atoms with E-state index < -0.39 is 33.8 Å². The fourth-order valence-corrected chi connectivity index (χ4v) is 3.73. The van der Waals surface area contributed by atoms with Gasteiger partial charge in [-0.1, -0.05) is 12.8 Å². The second-order valence-electron chi connectivity index (χ2n) is 7.18. The lowest BCUT2D eigenvalue weighted by molar-refractivity contribution is -0.388. The van der Waals surface area contributed by atoms with Gasteiger partial charge < -0.3 is 5.11 Å². The third kappa shape index (κ3) is 4.14. The fourth-order valence-electron chi connectivity index (χ4n) is 3.73. The number of nitrogens with zero attached hydrogens (tertiary/aromatic N) is 4. The maximum Gasteiger partial charge on any atom is 0.423 e. The molecule has 162 valence electrons. The van der Waals surface area contributed by atoms with Gasteiger partial charge in [0, 0.05) is 18.3 Å². The molecule has 1 fully saturated rings. The van der Waals surface area contributed by atoms with Crippen LogP contribution in [0, 0.1) is 28.4 Å². The molecule has 8 nitrogen and oxygen atoms in total. The van der Waals surface area contributed by atoms with E-state index in [-0.39, 0.29) is 28.4 Å². The number of alkyl halides is 3. The zero-order valence-electron chi connectivity index (χ0n) is 16.3. The van der Waals surface area contributed by atoms with Gasteiger partial charge in [-0.05, 0) is 37.5 Å². The maximum absolute atomic E-state index is 13.2. The van der Waals surface area contributed by atoms with Crippen molar-refractivity contribution in [3.63, 3.8) is 0 Å². The minimum Gasteiger partial charge on any atom is -0.494 e. The minimum absolute atomic E-state index is 0.0231. The third-order valence-electron chi connectivity index (χ3n) is 5.31. The molecule has 31 heavy (non-hydrogen) atoms. The topological polar surface area (TPSA) is 122 Å². The van der Waals surface area contributed by atoms with Crippen molar-refractivity contribution in [3.8, 4) is 11.9 Å². The normalized spacial score (nSPS) is 14.8. The van der Waals surface area contributed by atoms with Crippen LogP contribution in [0.3, 0.4) is 0 Å². The van der Waals surface area contributed by atoms with Gasteiger partial charge in [0.05, 0.1) is 16.2 Å². The average Bonchev–Trinajstić information content (AvgIpc) is 3.21. The Balaban J connectivity index is 2.13. The largest absolute Gasteiger partial charge is 0.494 e.